The summed E-state index contributed by atoms with van der Waals surface area (Å²) >= 11 is 0. The fourth-order valence-corrected chi connectivity index (χ4v) is 2.25. The van der Waals surface area contributed by atoms with Crippen LogP contribution in [0.5, 0.6) is 5.75 Å². The molecule has 2 N–H and O–H groups in total. The molecule has 0 unspecified atom stereocenters. The lowest BCUT2D eigenvalue weighted by Crippen LogP contribution is -2.14. The molecule has 0 aliphatic rings. The number of methoxy groups -OCH3 is 1. The minimum Gasteiger partial charge on any atom is -0.497 e. The zero-order chi connectivity index (χ0) is 17.6. The van der Waals surface area contributed by atoms with E-state index in [1.165, 1.54) is 18.3 Å². The van der Waals surface area contributed by atoms with Crippen LogP contribution in [0.25, 0.3) is 0 Å². The van der Waals surface area contributed by atoms with Crippen molar-refractivity contribution in [3.63, 3.8) is 0 Å². The van der Waals surface area contributed by atoms with Crippen molar-refractivity contribution in [2.24, 2.45) is 0 Å². The van der Waals surface area contributed by atoms with Gasteiger partial charge in [0.25, 0.3) is 5.91 Å². The topological polar surface area (TPSA) is 63.2 Å². The highest BCUT2D eigenvalue weighted by Crippen LogP contribution is 2.22. The number of hydrogen-bond acceptors (Lipinski definition) is 4. The van der Waals surface area contributed by atoms with E-state index in [1.807, 2.05) is 24.3 Å². The van der Waals surface area contributed by atoms with Gasteiger partial charge >= 0.3 is 0 Å². The maximum Gasteiger partial charge on any atom is 0.274 e. The van der Waals surface area contributed by atoms with E-state index >= 15 is 0 Å². The van der Waals surface area contributed by atoms with E-state index in [0.717, 1.165) is 11.4 Å². The first kappa shape index (κ1) is 16.4. The third-order valence-corrected chi connectivity index (χ3v) is 3.47. The van der Waals surface area contributed by atoms with E-state index in [-0.39, 0.29) is 11.4 Å². The van der Waals surface area contributed by atoms with Crippen LogP contribution in [0.2, 0.25) is 0 Å². The quantitative estimate of drug-likeness (QED) is 0.731. The molecule has 0 aliphatic heterocycles. The van der Waals surface area contributed by atoms with Crippen molar-refractivity contribution in [1.82, 2.24) is 4.98 Å². The van der Waals surface area contributed by atoms with Crippen LogP contribution in [-0.2, 0) is 0 Å². The van der Waals surface area contributed by atoms with E-state index in [4.69, 9.17) is 4.74 Å². The summed E-state index contributed by atoms with van der Waals surface area (Å²) in [5.41, 5.74) is 1.78. The molecule has 2 aromatic carbocycles. The molecule has 0 spiro atoms. The summed E-state index contributed by atoms with van der Waals surface area (Å²) in [5.74, 6) is -0.266. The van der Waals surface area contributed by atoms with Gasteiger partial charge in [0.05, 0.1) is 12.8 Å². The molecular formula is C19H16FN3O2. The standard InChI is InChI=1S/C19H16FN3O2/c1-25-15-6-4-5-13(11-15)22-14-9-10-21-18(12-14)19(24)23-17-8-3-2-7-16(17)20/h2-12H,1H3,(H,21,22)(H,23,24). The van der Waals surface area contributed by atoms with Gasteiger partial charge in [-0.3, -0.25) is 9.78 Å². The summed E-state index contributed by atoms with van der Waals surface area (Å²) in [6, 6.07) is 16.7. The molecule has 0 aliphatic carbocycles. The Balaban J connectivity index is 1.76. The second-order valence-corrected chi connectivity index (χ2v) is 5.22. The molecule has 5 nitrogen and oxygen atoms in total. The van der Waals surface area contributed by atoms with E-state index < -0.39 is 11.7 Å². The first-order chi connectivity index (χ1) is 12.2. The number of pyridine rings is 1. The molecule has 0 atom stereocenters. The Morgan fingerprint density at radius 3 is 2.64 bits per heavy atom. The summed E-state index contributed by atoms with van der Waals surface area (Å²) in [6.45, 7) is 0. The first-order valence-electron chi connectivity index (χ1n) is 7.59. The highest BCUT2D eigenvalue weighted by Gasteiger charge is 2.11. The normalized spacial score (nSPS) is 10.2. The summed E-state index contributed by atoms with van der Waals surface area (Å²) < 4.78 is 18.8. The number of hydrogen-bond donors (Lipinski definition) is 2. The molecule has 1 aromatic heterocycles. The number of nitrogens with one attached hydrogen (secondary N) is 2. The smallest absolute Gasteiger partial charge is 0.274 e. The molecule has 126 valence electrons. The molecule has 0 bridgehead atoms. The van der Waals surface area contributed by atoms with Gasteiger partial charge in [0, 0.05) is 23.6 Å². The second-order valence-electron chi connectivity index (χ2n) is 5.22. The number of para-hydroxylation sites is 1. The van der Waals surface area contributed by atoms with Crippen molar-refractivity contribution in [3.05, 3.63) is 78.4 Å². The van der Waals surface area contributed by atoms with Gasteiger partial charge in [-0.15, -0.1) is 0 Å². The maximum absolute atomic E-state index is 13.6. The van der Waals surface area contributed by atoms with E-state index in [1.54, 1.807) is 31.4 Å². The first-order valence-corrected chi connectivity index (χ1v) is 7.59. The van der Waals surface area contributed by atoms with E-state index in [2.05, 4.69) is 15.6 Å². The number of anilines is 3. The summed E-state index contributed by atoms with van der Waals surface area (Å²) in [6.07, 6.45) is 1.51. The van der Waals surface area contributed by atoms with Crippen LogP contribution in [-0.4, -0.2) is 18.0 Å². The van der Waals surface area contributed by atoms with Gasteiger partial charge in [0.15, 0.2) is 0 Å². The lowest BCUT2D eigenvalue weighted by Gasteiger charge is -2.10. The maximum atomic E-state index is 13.6. The molecule has 6 heteroatoms. The Hall–Kier alpha value is -3.41. The molecule has 0 saturated heterocycles. The van der Waals surface area contributed by atoms with Crippen molar-refractivity contribution in [2.45, 2.75) is 0 Å². The van der Waals surface area contributed by atoms with Gasteiger partial charge in [-0.1, -0.05) is 18.2 Å². The van der Waals surface area contributed by atoms with Crippen molar-refractivity contribution in [2.75, 3.05) is 17.7 Å². The minimum absolute atomic E-state index is 0.112. The Morgan fingerprint density at radius 1 is 1.04 bits per heavy atom. The zero-order valence-electron chi connectivity index (χ0n) is 13.5. The fraction of sp³-hybridized carbons (Fsp3) is 0.0526. The van der Waals surface area contributed by atoms with Gasteiger partial charge in [-0.2, -0.15) is 0 Å². The molecular weight excluding hydrogens is 321 g/mol. The van der Waals surface area contributed by atoms with Crippen LogP contribution in [0.1, 0.15) is 10.5 Å². The highest BCUT2D eigenvalue weighted by atomic mass is 19.1. The largest absolute Gasteiger partial charge is 0.497 e. The lowest BCUT2D eigenvalue weighted by atomic mass is 10.2. The average Bonchev–Trinajstić information content (AvgIpc) is 2.64. The Kier molecular flexibility index (Phi) is 4.89. The zero-order valence-corrected chi connectivity index (χ0v) is 13.5. The summed E-state index contributed by atoms with van der Waals surface area (Å²) in [7, 11) is 1.59. The molecule has 3 aromatic rings. The van der Waals surface area contributed by atoms with Gasteiger partial charge in [0.1, 0.15) is 17.3 Å². The number of amides is 1. The van der Waals surface area contributed by atoms with Crippen LogP contribution in [0, 0.1) is 5.82 Å². The van der Waals surface area contributed by atoms with Crippen LogP contribution in [0.4, 0.5) is 21.5 Å². The number of nitrogens with zero attached hydrogens (tertiary/aromatic N) is 1. The average molecular weight is 337 g/mol. The molecule has 1 amide bonds. The number of halogens is 1. The second kappa shape index (κ2) is 7.44. The van der Waals surface area contributed by atoms with Crippen molar-refractivity contribution >= 4 is 23.0 Å². The van der Waals surface area contributed by atoms with Crippen LogP contribution < -0.4 is 15.4 Å². The highest BCUT2D eigenvalue weighted by molar-refractivity contribution is 6.03. The molecule has 0 radical (unpaired) electrons. The SMILES string of the molecule is COc1cccc(Nc2ccnc(C(=O)Nc3ccccc3F)c2)c1. The molecule has 1 heterocycles. The fourth-order valence-electron chi connectivity index (χ4n) is 2.25. The Bertz CT molecular complexity index is 899. The number of benzene rings is 2. The third-order valence-electron chi connectivity index (χ3n) is 3.47. The number of aromatic nitrogens is 1. The Labute approximate surface area is 144 Å². The van der Waals surface area contributed by atoms with Gasteiger partial charge in [-0.05, 0) is 36.4 Å². The summed E-state index contributed by atoms with van der Waals surface area (Å²) in [4.78, 5) is 16.3. The van der Waals surface area contributed by atoms with E-state index in [0.29, 0.717) is 5.69 Å². The number of carbonyl (C=O) groups is 1. The van der Waals surface area contributed by atoms with Crippen molar-refractivity contribution in [1.29, 1.82) is 0 Å². The van der Waals surface area contributed by atoms with Gasteiger partial charge < -0.3 is 15.4 Å². The van der Waals surface area contributed by atoms with Gasteiger partial charge in [-0.25, -0.2) is 4.39 Å². The van der Waals surface area contributed by atoms with Crippen molar-refractivity contribution in [3.8, 4) is 5.75 Å². The third kappa shape index (κ3) is 4.11. The summed E-state index contributed by atoms with van der Waals surface area (Å²) in [5, 5.41) is 5.69. The number of ether oxygens (including phenoxy) is 1. The monoisotopic (exact) mass is 337 g/mol. The molecule has 3 rings (SSSR count). The van der Waals surface area contributed by atoms with Crippen LogP contribution in [0.15, 0.2) is 66.9 Å². The lowest BCUT2D eigenvalue weighted by molar-refractivity contribution is 0.102. The minimum atomic E-state index is -0.499. The van der Waals surface area contributed by atoms with Crippen LogP contribution >= 0.6 is 0 Å². The van der Waals surface area contributed by atoms with E-state index in [9.17, 15) is 9.18 Å². The van der Waals surface area contributed by atoms with Gasteiger partial charge in [0.2, 0.25) is 0 Å². The predicted molar refractivity (Wildman–Crippen MR) is 94.9 cm³/mol. The van der Waals surface area contributed by atoms with Crippen molar-refractivity contribution < 1.29 is 13.9 Å². The Morgan fingerprint density at radius 2 is 1.84 bits per heavy atom. The number of carbonyl (C=O) groups excluding carboxylic acids is 1. The molecule has 0 saturated carbocycles. The molecule has 0 fully saturated rings. The molecule has 25 heavy (non-hydrogen) atoms. The predicted octanol–water partition coefficient (Wildman–Crippen LogP) is 4.23. The number of rotatable bonds is 5. The van der Waals surface area contributed by atoms with Crippen LogP contribution in [0.3, 0.4) is 0 Å².